The van der Waals surface area contributed by atoms with E-state index < -0.39 is 29.5 Å². The Kier molecular flexibility index (Phi) is 9.92. The van der Waals surface area contributed by atoms with Gasteiger partial charge in [0.25, 0.3) is 5.78 Å². The van der Waals surface area contributed by atoms with Gasteiger partial charge >= 0.3 is 11.9 Å². The number of aliphatic hydroxyl groups excluding tert-OH is 1. The van der Waals surface area contributed by atoms with E-state index in [2.05, 4.69) is 4.98 Å². The molecule has 1 aliphatic heterocycles. The van der Waals surface area contributed by atoms with Crippen LogP contribution in [0.3, 0.4) is 0 Å². The highest BCUT2D eigenvalue weighted by Crippen LogP contribution is 2.48. The third kappa shape index (κ3) is 6.14. The van der Waals surface area contributed by atoms with Crippen molar-refractivity contribution in [2.75, 3.05) is 39.4 Å². The standard InChI is InChI=1S/C31H34N2O9S/c1-7-9-13-42-20-12-10-11-18(14-20)25(34)23-24(19-15-21(38-4)27(40-6)22(16-19)39-5)33(29(36)26(23)35)31-32-17(3)28(43-31)30(37)41-8-2/h10-12,14-16,24,34H,7-9,13H2,1-6H3. The number of aromatic nitrogens is 1. The lowest BCUT2D eigenvalue weighted by Crippen LogP contribution is -2.29. The van der Waals surface area contributed by atoms with Gasteiger partial charge in [0, 0.05) is 5.56 Å². The van der Waals surface area contributed by atoms with Gasteiger partial charge in [-0.25, -0.2) is 9.78 Å². The van der Waals surface area contributed by atoms with Crippen molar-refractivity contribution in [3.63, 3.8) is 0 Å². The summed E-state index contributed by atoms with van der Waals surface area (Å²) in [4.78, 5) is 45.8. The monoisotopic (exact) mass is 610 g/mol. The molecule has 4 rings (SSSR count). The van der Waals surface area contributed by atoms with Gasteiger partial charge in [-0.1, -0.05) is 36.8 Å². The highest BCUT2D eigenvalue weighted by atomic mass is 32.1. The SMILES string of the molecule is CCCCOc1cccc(C(O)=C2C(=O)C(=O)N(c3nc(C)c(C(=O)OCC)s3)C2c2cc(OC)c(OC)c(OC)c2)c1. The maximum absolute atomic E-state index is 13.7. The van der Waals surface area contributed by atoms with E-state index in [1.165, 1.54) is 21.3 Å². The molecule has 0 aliphatic carbocycles. The number of nitrogens with zero attached hydrogens (tertiary/aromatic N) is 2. The van der Waals surface area contributed by atoms with Gasteiger partial charge in [-0.05, 0) is 50.1 Å². The number of hydrogen-bond acceptors (Lipinski definition) is 11. The molecule has 0 saturated carbocycles. The fourth-order valence-corrected chi connectivity index (χ4v) is 5.69. The molecule has 1 saturated heterocycles. The zero-order chi connectivity index (χ0) is 31.3. The van der Waals surface area contributed by atoms with E-state index in [4.69, 9.17) is 23.7 Å². The van der Waals surface area contributed by atoms with Crippen LogP contribution in [-0.4, -0.2) is 62.3 Å². The van der Waals surface area contributed by atoms with Crippen molar-refractivity contribution in [3.8, 4) is 23.0 Å². The van der Waals surface area contributed by atoms with Crippen LogP contribution in [0.4, 0.5) is 5.13 Å². The van der Waals surface area contributed by atoms with Crippen molar-refractivity contribution in [3.05, 3.63) is 63.7 Å². The number of thiazole rings is 1. The van der Waals surface area contributed by atoms with Crippen molar-refractivity contribution in [1.82, 2.24) is 4.98 Å². The number of carbonyl (C=O) groups excluding carboxylic acids is 3. The van der Waals surface area contributed by atoms with Crippen LogP contribution in [0.25, 0.3) is 5.76 Å². The Morgan fingerprint density at radius 3 is 2.35 bits per heavy atom. The van der Waals surface area contributed by atoms with E-state index in [1.54, 1.807) is 50.2 Å². The smallest absolute Gasteiger partial charge is 0.350 e. The first-order valence-corrected chi connectivity index (χ1v) is 14.5. The summed E-state index contributed by atoms with van der Waals surface area (Å²) in [6.45, 7) is 5.99. The molecule has 0 radical (unpaired) electrons. The summed E-state index contributed by atoms with van der Waals surface area (Å²) in [7, 11) is 4.34. The van der Waals surface area contributed by atoms with Crippen LogP contribution in [0.15, 0.2) is 42.0 Å². The Labute approximate surface area is 253 Å². The van der Waals surface area contributed by atoms with Gasteiger partial charge in [0.2, 0.25) is 5.75 Å². The van der Waals surface area contributed by atoms with Crippen LogP contribution in [0, 0.1) is 6.92 Å². The van der Waals surface area contributed by atoms with Gasteiger partial charge in [0.15, 0.2) is 16.6 Å². The molecule has 2 heterocycles. The molecule has 0 bridgehead atoms. The first kappa shape index (κ1) is 31.4. The third-order valence-electron chi connectivity index (χ3n) is 6.77. The molecule has 43 heavy (non-hydrogen) atoms. The molecule has 1 amide bonds. The van der Waals surface area contributed by atoms with E-state index in [-0.39, 0.29) is 39.3 Å². The summed E-state index contributed by atoms with van der Waals surface area (Å²) >= 11 is 0.916. The topological polar surface area (TPSA) is 134 Å². The number of aliphatic hydroxyl groups is 1. The van der Waals surface area contributed by atoms with Gasteiger partial charge in [-0.2, -0.15) is 0 Å². The summed E-state index contributed by atoms with van der Waals surface area (Å²) in [6, 6.07) is 8.68. The molecule has 1 unspecified atom stereocenters. The largest absolute Gasteiger partial charge is 0.507 e. The molecular weight excluding hydrogens is 576 g/mol. The first-order chi connectivity index (χ1) is 20.7. The molecule has 1 fully saturated rings. The van der Waals surface area contributed by atoms with E-state index in [0.717, 1.165) is 29.1 Å². The average Bonchev–Trinajstić information content (AvgIpc) is 3.52. The van der Waals surface area contributed by atoms with Crippen LogP contribution < -0.4 is 23.8 Å². The maximum Gasteiger partial charge on any atom is 0.350 e. The summed E-state index contributed by atoms with van der Waals surface area (Å²) in [6.07, 6.45) is 1.80. The summed E-state index contributed by atoms with van der Waals surface area (Å²) < 4.78 is 27.5. The molecule has 1 N–H and O–H groups in total. The second-order valence-electron chi connectivity index (χ2n) is 9.49. The van der Waals surface area contributed by atoms with Crippen LogP contribution in [0.2, 0.25) is 0 Å². The van der Waals surface area contributed by atoms with Gasteiger partial charge in [-0.15, -0.1) is 0 Å². The fraction of sp³-hybridized carbons (Fsp3) is 0.355. The van der Waals surface area contributed by atoms with Gasteiger partial charge in [-0.3, -0.25) is 14.5 Å². The fourth-order valence-electron chi connectivity index (χ4n) is 4.70. The summed E-state index contributed by atoms with van der Waals surface area (Å²) in [5.74, 6) is -1.50. The number of unbranched alkanes of at least 4 members (excludes halogenated alkanes) is 1. The van der Waals surface area contributed by atoms with Gasteiger partial charge in [0.1, 0.15) is 16.4 Å². The number of carbonyl (C=O) groups is 3. The first-order valence-electron chi connectivity index (χ1n) is 13.7. The molecule has 1 aromatic heterocycles. The van der Waals surface area contributed by atoms with E-state index in [0.29, 0.717) is 29.4 Å². The molecule has 11 nitrogen and oxygen atoms in total. The minimum atomic E-state index is -1.17. The summed E-state index contributed by atoms with van der Waals surface area (Å²) in [5, 5.41) is 11.7. The highest BCUT2D eigenvalue weighted by molar-refractivity contribution is 7.17. The van der Waals surface area contributed by atoms with Crippen molar-refractivity contribution in [2.45, 2.75) is 39.7 Å². The highest BCUT2D eigenvalue weighted by Gasteiger charge is 2.49. The number of hydrogen-bond donors (Lipinski definition) is 1. The molecule has 1 aliphatic rings. The Morgan fingerprint density at radius 2 is 1.74 bits per heavy atom. The van der Waals surface area contributed by atoms with Crippen molar-refractivity contribution in [2.24, 2.45) is 0 Å². The average molecular weight is 611 g/mol. The maximum atomic E-state index is 13.7. The van der Waals surface area contributed by atoms with E-state index >= 15 is 0 Å². The van der Waals surface area contributed by atoms with Crippen molar-refractivity contribution >= 4 is 39.9 Å². The minimum absolute atomic E-state index is 0.0807. The second kappa shape index (κ2) is 13.6. The van der Waals surface area contributed by atoms with Crippen LogP contribution in [0.1, 0.15) is 59.2 Å². The minimum Gasteiger partial charge on any atom is -0.507 e. The predicted molar refractivity (Wildman–Crippen MR) is 161 cm³/mol. The molecule has 0 spiro atoms. The number of Topliss-reactive ketones (excluding diaryl/α,β-unsaturated/α-hetero) is 1. The summed E-state index contributed by atoms with van der Waals surface area (Å²) in [5.41, 5.74) is 0.805. The number of esters is 1. The van der Waals surface area contributed by atoms with Crippen LogP contribution in [0.5, 0.6) is 23.0 Å². The number of rotatable bonds is 12. The van der Waals surface area contributed by atoms with Crippen LogP contribution in [-0.2, 0) is 14.3 Å². The quantitative estimate of drug-likeness (QED) is 0.0926. The number of methoxy groups -OCH3 is 3. The molecule has 3 aromatic rings. The van der Waals surface area contributed by atoms with Gasteiger partial charge < -0.3 is 28.8 Å². The number of amides is 1. The number of anilines is 1. The lowest BCUT2D eigenvalue weighted by molar-refractivity contribution is -0.132. The molecule has 12 heteroatoms. The van der Waals surface area contributed by atoms with Crippen molar-refractivity contribution in [1.29, 1.82) is 0 Å². The Bertz CT molecular complexity index is 1540. The normalized spacial score (nSPS) is 15.9. The van der Waals surface area contributed by atoms with E-state index in [9.17, 15) is 19.5 Å². The lowest BCUT2D eigenvalue weighted by Gasteiger charge is -2.24. The van der Waals surface area contributed by atoms with Crippen LogP contribution >= 0.6 is 11.3 Å². The predicted octanol–water partition coefficient (Wildman–Crippen LogP) is 5.46. The van der Waals surface area contributed by atoms with E-state index in [1.807, 2.05) is 6.92 Å². The number of ketones is 1. The number of ether oxygens (including phenoxy) is 5. The Balaban J connectivity index is 1.95. The molecule has 228 valence electrons. The molecular formula is C31H34N2O9S. The molecule has 2 aromatic carbocycles. The zero-order valence-corrected chi connectivity index (χ0v) is 25.7. The Hall–Kier alpha value is -4.58. The third-order valence-corrected chi connectivity index (χ3v) is 7.91. The molecule has 1 atom stereocenters. The van der Waals surface area contributed by atoms with Gasteiger partial charge in [0.05, 0.1) is 51.9 Å². The number of benzene rings is 2. The zero-order valence-electron chi connectivity index (χ0n) is 24.9. The van der Waals surface area contributed by atoms with Crippen molar-refractivity contribution < 1.29 is 43.2 Å². The number of aryl methyl sites for hydroxylation is 1. The lowest BCUT2D eigenvalue weighted by atomic mass is 9.94. The second-order valence-corrected chi connectivity index (χ2v) is 10.5. The Morgan fingerprint density at radius 1 is 1.05 bits per heavy atom.